The molecule has 0 aliphatic carbocycles. The number of ether oxygens (including phenoxy) is 1. The van der Waals surface area contributed by atoms with Crippen molar-refractivity contribution in [2.24, 2.45) is 10.7 Å². The van der Waals surface area contributed by atoms with Gasteiger partial charge in [-0.2, -0.15) is 4.99 Å². The number of carbonyl (C=O) groups excluding carboxylic acids is 1. The molecular formula is C26H26N4O2. The number of rotatable bonds is 5. The van der Waals surface area contributed by atoms with Gasteiger partial charge in [-0.1, -0.05) is 30.3 Å². The molecule has 32 heavy (non-hydrogen) atoms. The molecule has 5 rings (SSSR count). The Balaban J connectivity index is 1.47. The Bertz CT molecular complexity index is 1290. The van der Waals surface area contributed by atoms with Gasteiger partial charge in [0.1, 0.15) is 5.84 Å². The van der Waals surface area contributed by atoms with Gasteiger partial charge in [-0.25, -0.2) is 0 Å². The van der Waals surface area contributed by atoms with E-state index in [0.717, 1.165) is 42.5 Å². The number of amidine groups is 1. The molecule has 0 atom stereocenters. The minimum Gasteiger partial charge on any atom is -0.387 e. The molecule has 0 saturated carbocycles. The molecule has 3 heterocycles. The lowest BCUT2D eigenvalue weighted by Gasteiger charge is -2.25. The number of nitrogens with two attached hydrogens (primary N) is 1. The van der Waals surface area contributed by atoms with Gasteiger partial charge in [-0.05, 0) is 49.1 Å². The number of hydrogen-bond acceptors (Lipinski definition) is 3. The Morgan fingerprint density at radius 1 is 1.06 bits per heavy atom. The first kappa shape index (κ1) is 20.4. The molecular weight excluding hydrogens is 400 g/mol. The number of para-hydroxylation sites is 1. The standard InChI is InChI=1S/C26H26N4O2/c27-25(10-7-18-4-3-13-28-17-18)29-26(31)19-8-9-22-21-5-1-2-6-23(21)30(24(22)16-19)20-11-14-32-15-12-20/h1-6,8-9,13,16-17,20H,7,10-12,14-15H2,(H2,27,29,31). The van der Waals surface area contributed by atoms with Crippen LogP contribution < -0.4 is 5.73 Å². The monoisotopic (exact) mass is 426 g/mol. The molecule has 1 aliphatic rings. The van der Waals surface area contributed by atoms with Crippen molar-refractivity contribution in [1.82, 2.24) is 9.55 Å². The smallest absolute Gasteiger partial charge is 0.278 e. The average molecular weight is 427 g/mol. The molecule has 4 aromatic rings. The fourth-order valence-corrected chi connectivity index (χ4v) is 4.54. The molecule has 1 saturated heterocycles. The highest BCUT2D eigenvalue weighted by Gasteiger charge is 2.21. The van der Waals surface area contributed by atoms with Crippen LogP contribution in [0.25, 0.3) is 21.8 Å². The molecule has 2 aromatic carbocycles. The van der Waals surface area contributed by atoms with Crippen LogP contribution in [0.1, 0.15) is 41.2 Å². The summed E-state index contributed by atoms with van der Waals surface area (Å²) in [5.74, 6) is 0.0308. The van der Waals surface area contributed by atoms with E-state index < -0.39 is 0 Å². The second-order valence-electron chi connectivity index (χ2n) is 8.23. The maximum atomic E-state index is 12.9. The third kappa shape index (κ3) is 4.01. The summed E-state index contributed by atoms with van der Waals surface area (Å²) in [7, 11) is 0. The van der Waals surface area contributed by atoms with Crippen molar-refractivity contribution in [1.29, 1.82) is 0 Å². The fraction of sp³-hybridized carbons (Fsp3) is 0.269. The topological polar surface area (TPSA) is 82.5 Å². The molecule has 2 N–H and O–H groups in total. The van der Waals surface area contributed by atoms with Crippen LogP contribution in [-0.2, 0) is 11.2 Å². The summed E-state index contributed by atoms with van der Waals surface area (Å²) in [5.41, 5.74) is 9.95. The number of pyridine rings is 1. The third-order valence-corrected chi connectivity index (χ3v) is 6.15. The van der Waals surface area contributed by atoms with Gasteiger partial charge in [0.05, 0.1) is 5.52 Å². The van der Waals surface area contributed by atoms with Crippen LogP contribution in [0, 0.1) is 0 Å². The Labute approximate surface area is 186 Å². The molecule has 2 aromatic heterocycles. The molecule has 0 unspecified atom stereocenters. The van der Waals surface area contributed by atoms with Crippen LogP contribution in [0.15, 0.2) is 72.0 Å². The zero-order valence-corrected chi connectivity index (χ0v) is 17.9. The molecule has 0 bridgehead atoms. The lowest BCUT2D eigenvalue weighted by atomic mass is 10.1. The van der Waals surface area contributed by atoms with Crippen LogP contribution in [0.3, 0.4) is 0 Å². The van der Waals surface area contributed by atoms with E-state index in [2.05, 4.69) is 38.8 Å². The first-order valence-corrected chi connectivity index (χ1v) is 11.1. The van der Waals surface area contributed by atoms with Crippen molar-refractivity contribution in [2.45, 2.75) is 31.7 Å². The summed E-state index contributed by atoms with van der Waals surface area (Å²) in [5, 5.41) is 2.35. The molecule has 162 valence electrons. The zero-order valence-electron chi connectivity index (χ0n) is 17.9. The van der Waals surface area contributed by atoms with Gasteiger partial charge < -0.3 is 15.0 Å². The number of carbonyl (C=O) groups is 1. The fourth-order valence-electron chi connectivity index (χ4n) is 4.54. The summed E-state index contributed by atoms with van der Waals surface area (Å²) >= 11 is 0. The summed E-state index contributed by atoms with van der Waals surface area (Å²) in [4.78, 5) is 21.2. The van der Waals surface area contributed by atoms with Gasteiger partial charge in [0.2, 0.25) is 0 Å². The maximum Gasteiger partial charge on any atom is 0.278 e. The molecule has 6 nitrogen and oxygen atoms in total. The molecule has 1 amide bonds. The SMILES string of the molecule is NC(CCc1cccnc1)=NC(=O)c1ccc2c3ccccc3n(C3CCOCC3)c2c1. The Kier molecular flexibility index (Phi) is 5.69. The van der Waals surface area contributed by atoms with Crippen molar-refractivity contribution in [3.8, 4) is 0 Å². The summed E-state index contributed by atoms with van der Waals surface area (Å²) in [6.45, 7) is 1.52. The first-order valence-electron chi connectivity index (χ1n) is 11.1. The van der Waals surface area contributed by atoms with E-state index in [1.807, 2.05) is 30.3 Å². The normalized spacial score (nSPS) is 15.4. The Hall–Kier alpha value is -3.51. The average Bonchev–Trinajstić information content (AvgIpc) is 3.17. The number of aryl methyl sites for hydroxylation is 1. The second-order valence-corrected chi connectivity index (χ2v) is 8.23. The van der Waals surface area contributed by atoms with Gasteiger partial charge >= 0.3 is 0 Å². The second kappa shape index (κ2) is 8.93. The van der Waals surface area contributed by atoms with E-state index in [0.29, 0.717) is 30.3 Å². The lowest BCUT2D eigenvalue weighted by molar-refractivity contribution is 0.0717. The largest absolute Gasteiger partial charge is 0.387 e. The highest BCUT2D eigenvalue weighted by molar-refractivity contribution is 6.11. The van der Waals surface area contributed by atoms with Crippen molar-refractivity contribution in [3.63, 3.8) is 0 Å². The highest BCUT2D eigenvalue weighted by Crippen LogP contribution is 2.35. The predicted molar refractivity (Wildman–Crippen MR) is 127 cm³/mol. The summed E-state index contributed by atoms with van der Waals surface area (Å²) < 4.78 is 7.95. The van der Waals surface area contributed by atoms with Crippen molar-refractivity contribution in [3.05, 3.63) is 78.1 Å². The van der Waals surface area contributed by atoms with Crippen LogP contribution in [0.5, 0.6) is 0 Å². The summed E-state index contributed by atoms with van der Waals surface area (Å²) in [6.07, 6.45) is 6.69. The van der Waals surface area contributed by atoms with Crippen molar-refractivity contribution >= 4 is 33.5 Å². The molecule has 1 aliphatic heterocycles. The number of nitrogens with zero attached hydrogens (tertiary/aromatic N) is 3. The van der Waals surface area contributed by atoms with Crippen molar-refractivity contribution in [2.75, 3.05) is 13.2 Å². The third-order valence-electron chi connectivity index (χ3n) is 6.15. The van der Waals surface area contributed by atoms with Crippen LogP contribution in [0.2, 0.25) is 0 Å². The van der Waals surface area contributed by atoms with E-state index in [-0.39, 0.29) is 5.91 Å². The van der Waals surface area contributed by atoms with Gasteiger partial charge in [0, 0.05) is 59.9 Å². The van der Waals surface area contributed by atoms with Gasteiger partial charge in [-0.3, -0.25) is 9.78 Å². The van der Waals surface area contributed by atoms with E-state index in [1.54, 1.807) is 12.4 Å². The minimum atomic E-state index is -0.306. The zero-order chi connectivity index (χ0) is 21.9. The van der Waals surface area contributed by atoms with E-state index in [9.17, 15) is 4.79 Å². The van der Waals surface area contributed by atoms with E-state index in [4.69, 9.17) is 10.5 Å². The number of amides is 1. The number of fused-ring (bicyclic) bond motifs is 3. The number of hydrogen-bond donors (Lipinski definition) is 1. The van der Waals surface area contributed by atoms with E-state index in [1.165, 1.54) is 10.9 Å². The van der Waals surface area contributed by atoms with Crippen LogP contribution >= 0.6 is 0 Å². The van der Waals surface area contributed by atoms with Gasteiger partial charge in [-0.15, -0.1) is 0 Å². The van der Waals surface area contributed by atoms with Crippen LogP contribution in [-0.4, -0.2) is 34.5 Å². The molecule has 1 fully saturated rings. The van der Waals surface area contributed by atoms with Gasteiger partial charge in [0.25, 0.3) is 5.91 Å². The van der Waals surface area contributed by atoms with E-state index >= 15 is 0 Å². The lowest BCUT2D eigenvalue weighted by Crippen LogP contribution is -2.19. The number of aliphatic imine (C=N–C) groups is 1. The molecule has 0 radical (unpaired) electrons. The molecule has 0 spiro atoms. The maximum absolute atomic E-state index is 12.9. The predicted octanol–water partition coefficient (Wildman–Crippen LogP) is 4.67. The number of benzene rings is 2. The van der Waals surface area contributed by atoms with Crippen molar-refractivity contribution < 1.29 is 9.53 Å². The Morgan fingerprint density at radius 3 is 2.69 bits per heavy atom. The number of aromatic nitrogens is 2. The first-order chi connectivity index (χ1) is 15.7. The Morgan fingerprint density at radius 2 is 1.88 bits per heavy atom. The molecule has 6 heteroatoms. The highest BCUT2D eigenvalue weighted by atomic mass is 16.5. The minimum absolute atomic E-state index is 0.306. The summed E-state index contributed by atoms with van der Waals surface area (Å²) in [6, 6.07) is 18.5. The quantitative estimate of drug-likeness (QED) is 0.371. The van der Waals surface area contributed by atoms with Crippen LogP contribution in [0.4, 0.5) is 0 Å². The van der Waals surface area contributed by atoms with Gasteiger partial charge in [0.15, 0.2) is 0 Å².